The van der Waals surface area contributed by atoms with E-state index in [1.807, 2.05) is 13.8 Å². The molecule has 0 saturated carbocycles. The molecule has 0 saturated heterocycles. The van der Waals surface area contributed by atoms with Crippen molar-refractivity contribution in [3.8, 4) is 11.8 Å². The quantitative estimate of drug-likeness (QED) is 0.679. The highest BCUT2D eigenvalue weighted by molar-refractivity contribution is 5.56. The van der Waals surface area contributed by atoms with Crippen LogP contribution in [0.2, 0.25) is 0 Å². The number of nitrogens with two attached hydrogens (primary N) is 1. The molecule has 1 rings (SSSR count). The molecular weight excluding hydrogens is 206 g/mol. The summed E-state index contributed by atoms with van der Waals surface area (Å²) in [6.07, 6.45) is 0. The summed E-state index contributed by atoms with van der Waals surface area (Å²) in [4.78, 5) is 0. The van der Waals surface area contributed by atoms with Gasteiger partial charge in [-0.05, 0) is 76.3 Å². The van der Waals surface area contributed by atoms with Gasteiger partial charge in [-0.25, -0.2) is 0 Å². The van der Waals surface area contributed by atoms with E-state index in [1.165, 1.54) is 27.8 Å². The van der Waals surface area contributed by atoms with Crippen molar-refractivity contribution < 1.29 is 0 Å². The monoisotopic (exact) mass is 229 g/mol. The summed E-state index contributed by atoms with van der Waals surface area (Å²) >= 11 is 0. The van der Waals surface area contributed by atoms with Crippen LogP contribution in [0.3, 0.4) is 0 Å². The second kappa shape index (κ2) is 4.55. The Hall–Kier alpha value is -1.26. The van der Waals surface area contributed by atoms with Crippen molar-refractivity contribution in [2.24, 2.45) is 5.73 Å². The van der Waals surface area contributed by atoms with Crippen LogP contribution >= 0.6 is 0 Å². The Morgan fingerprint density at radius 3 is 1.47 bits per heavy atom. The molecule has 0 bridgehead atoms. The summed E-state index contributed by atoms with van der Waals surface area (Å²) in [5.41, 5.74) is 13.2. The fraction of sp³-hybridized carbons (Fsp3) is 0.500. The molecule has 0 unspecified atom stereocenters. The van der Waals surface area contributed by atoms with Gasteiger partial charge < -0.3 is 5.73 Å². The van der Waals surface area contributed by atoms with E-state index in [2.05, 4.69) is 46.5 Å². The third-order valence-electron chi connectivity index (χ3n) is 3.51. The second-order valence-corrected chi connectivity index (χ2v) is 5.47. The van der Waals surface area contributed by atoms with Crippen LogP contribution < -0.4 is 5.73 Å². The lowest BCUT2D eigenvalue weighted by Gasteiger charge is -2.15. The van der Waals surface area contributed by atoms with Gasteiger partial charge in [0, 0.05) is 5.56 Å². The van der Waals surface area contributed by atoms with Gasteiger partial charge in [-0.3, -0.25) is 0 Å². The van der Waals surface area contributed by atoms with Gasteiger partial charge in [0.1, 0.15) is 0 Å². The minimum absolute atomic E-state index is 0.439. The van der Waals surface area contributed by atoms with Crippen LogP contribution in [0.15, 0.2) is 0 Å². The molecule has 0 aliphatic carbocycles. The Morgan fingerprint density at radius 2 is 1.12 bits per heavy atom. The van der Waals surface area contributed by atoms with E-state index in [-0.39, 0.29) is 0 Å². The minimum atomic E-state index is -0.439. The van der Waals surface area contributed by atoms with E-state index in [0.717, 1.165) is 5.56 Å². The summed E-state index contributed by atoms with van der Waals surface area (Å²) < 4.78 is 0. The van der Waals surface area contributed by atoms with Crippen molar-refractivity contribution in [1.29, 1.82) is 0 Å². The van der Waals surface area contributed by atoms with Crippen molar-refractivity contribution in [2.75, 3.05) is 0 Å². The average molecular weight is 229 g/mol. The Morgan fingerprint density at radius 1 is 0.765 bits per heavy atom. The summed E-state index contributed by atoms with van der Waals surface area (Å²) in [5, 5.41) is 0. The highest BCUT2D eigenvalue weighted by Crippen LogP contribution is 2.25. The Bertz CT molecular complexity index is 476. The van der Waals surface area contributed by atoms with Gasteiger partial charge in [0.25, 0.3) is 0 Å². The third kappa shape index (κ3) is 2.90. The zero-order chi connectivity index (χ0) is 13.4. The largest absolute Gasteiger partial charge is 0.316 e. The highest BCUT2D eigenvalue weighted by atomic mass is 14.7. The van der Waals surface area contributed by atoms with Gasteiger partial charge in [0.2, 0.25) is 0 Å². The lowest BCUT2D eigenvalue weighted by molar-refractivity contribution is 0.680. The first kappa shape index (κ1) is 13.8. The molecule has 0 amide bonds. The molecule has 0 aliphatic rings. The van der Waals surface area contributed by atoms with Crippen LogP contribution in [0.5, 0.6) is 0 Å². The molecule has 92 valence electrons. The first-order valence-corrected chi connectivity index (χ1v) is 6.04. The molecule has 1 nitrogen and oxygen atoms in total. The van der Waals surface area contributed by atoms with E-state index in [9.17, 15) is 0 Å². The molecule has 0 aromatic heterocycles. The molecular formula is C16H23N. The first-order chi connectivity index (χ1) is 7.65. The average Bonchev–Trinajstić information content (AvgIpc) is 2.22. The van der Waals surface area contributed by atoms with Crippen LogP contribution in [-0.4, -0.2) is 5.54 Å². The molecule has 17 heavy (non-hydrogen) atoms. The Labute approximate surface area is 105 Å². The van der Waals surface area contributed by atoms with Gasteiger partial charge in [-0.1, -0.05) is 11.8 Å². The molecule has 1 aromatic carbocycles. The predicted molar refractivity (Wildman–Crippen MR) is 75.3 cm³/mol. The van der Waals surface area contributed by atoms with E-state index in [0.29, 0.717) is 0 Å². The number of hydrogen-bond acceptors (Lipinski definition) is 1. The van der Waals surface area contributed by atoms with Gasteiger partial charge in [-0.15, -0.1) is 0 Å². The molecule has 1 heteroatoms. The molecule has 0 heterocycles. The standard InChI is InChI=1S/C16H23N/c1-10-11(2)13(4)15(14(5)12(10)3)8-9-16(6,7)17/h17H2,1-7H3. The van der Waals surface area contributed by atoms with E-state index in [1.54, 1.807) is 0 Å². The summed E-state index contributed by atoms with van der Waals surface area (Å²) in [5.74, 6) is 6.38. The Kier molecular flexibility index (Phi) is 3.69. The lowest BCUT2D eigenvalue weighted by Crippen LogP contribution is -2.29. The molecule has 0 aliphatic heterocycles. The summed E-state index contributed by atoms with van der Waals surface area (Å²) in [6.45, 7) is 14.6. The van der Waals surface area contributed by atoms with Crippen molar-refractivity contribution >= 4 is 0 Å². The van der Waals surface area contributed by atoms with Crippen LogP contribution in [0.4, 0.5) is 0 Å². The van der Waals surface area contributed by atoms with E-state index >= 15 is 0 Å². The van der Waals surface area contributed by atoms with Crippen molar-refractivity contribution in [1.82, 2.24) is 0 Å². The maximum atomic E-state index is 5.92. The van der Waals surface area contributed by atoms with Crippen molar-refractivity contribution in [2.45, 2.75) is 54.0 Å². The maximum absolute atomic E-state index is 5.92. The van der Waals surface area contributed by atoms with Crippen molar-refractivity contribution in [3.05, 3.63) is 33.4 Å². The van der Waals surface area contributed by atoms with E-state index < -0.39 is 5.54 Å². The smallest absolute Gasteiger partial charge is 0.0722 e. The van der Waals surface area contributed by atoms with E-state index in [4.69, 9.17) is 5.73 Å². The predicted octanol–water partition coefficient (Wildman–Crippen LogP) is 3.32. The fourth-order valence-electron chi connectivity index (χ4n) is 1.91. The first-order valence-electron chi connectivity index (χ1n) is 6.04. The lowest BCUT2D eigenvalue weighted by atomic mass is 9.89. The summed E-state index contributed by atoms with van der Waals surface area (Å²) in [6, 6.07) is 0. The normalized spacial score (nSPS) is 11.1. The highest BCUT2D eigenvalue weighted by Gasteiger charge is 2.11. The van der Waals surface area contributed by atoms with Gasteiger partial charge in [0.15, 0.2) is 0 Å². The van der Waals surface area contributed by atoms with Gasteiger partial charge >= 0.3 is 0 Å². The van der Waals surface area contributed by atoms with Gasteiger partial charge in [-0.2, -0.15) is 0 Å². The van der Waals surface area contributed by atoms with Crippen LogP contribution in [0, 0.1) is 46.5 Å². The molecule has 0 atom stereocenters. The van der Waals surface area contributed by atoms with Gasteiger partial charge in [0.05, 0.1) is 5.54 Å². The van der Waals surface area contributed by atoms with Crippen molar-refractivity contribution in [3.63, 3.8) is 0 Å². The van der Waals surface area contributed by atoms with Crippen LogP contribution in [-0.2, 0) is 0 Å². The molecule has 0 spiro atoms. The molecule has 0 fully saturated rings. The Balaban J connectivity index is 3.49. The summed E-state index contributed by atoms with van der Waals surface area (Å²) in [7, 11) is 0. The topological polar surface area (TPSA) is 26.0 Å². The zero-order valence-corrected chi connectivity index (χ0v) is 12.1. The zero-order valence-electron chi connectivity index (χ0n) is 12.1. The third-order valence-corrected chi connectivity index (χ3v) is 3.51. The van der Waals surface area contributed by atoms with Crippen LogP contribution in [0.1, 0.15) is 47.2 Å². The maximum Gasteiger partial charge on any atom is 0.0722 e. The SMILES string of the molecule is Cc1c(C)c(C)c(C#CC(C)(C)N)c(C)c1C. The second-order valence-electron chi connectivity index (χ2n) is 5.47. The molecule has 0 radical (unpaired) electrons. The molecule has 1 aromatic rings. The fourth-order valence-corrected chi connectivity index (χ4v) is 1.91. The molecule has 2 N–H and O–H groups in total. The minimum Gasteiger partial charge on any atom is -0.316 e. The number of hydrogen-bond donors (Lipinski definition) is 1. The number of benzene rings is 1. The van der Waals surface area contributed by atoms with Crippen LogP contribution in [0.25, 0.3) is 0 Å². The number of rotatable bonds is 0.